The molecule has 2 aliphatic heterocycles. The van der Waals surface area contributed by atoms with E-state index < -0.39 is 0 Å². The largest absolute Gasteiger partial charge is 0.394 e. The van der Waals surface area contributed by atoms with E-state index in [1.54, 1.807) is 0 Å². The SMILES string of the molecule is C#CCN1CCN(C(=O)CN2CCc3ccccc3C2CO)CC1. The molecule has 0 saturated carbocycles. The number of fused-ring (bicyclic) bond motifs is 1. The number of aliphatic hydroxyl groups is 1. The molecule has 0 radical (unpaired) electrons. The van der Waals surface area contributed by atoms with Gasteiger partial charge in [-0.05, 0) is 17.5 Å². The minimum absolute atomic E-state index is 0.0419. The highest BCUT2D eigenvalue weighted by molar-refractivity contribution is 5.78. The van der Waals surface area contributed by atoms with Crippen molar-refractivity contribution in [2.75, 3.05) is 52.4 Å². The summed E-state index contributed by atoms with van der Waals surface area (Å²) in [7, 11) is 0. The van der Waals surface area contributed by atoms with Crippen molar-refractivity contribution in [3.63, 3.8) is 0 Å². The van der Waals surface area contributed by atoms with Gasteiger partial charge in [0.2, 0.25) is 5.91 Å². The number of hydrogen-bond donors (Lipinski definition) is 1. The van der Waals surface area contributed by atoms with Crippen LogP contribution >= 0.6 is 0 Å². The number of rotatable bonds is 4. The predicted octanol–water partition coefficient (Wildman–Crippen LogP) is 0.356. The summed E-state index contributed by atoms with van der Waals surface area (Å²) >= 11 is 0. The maximum atomic E-state index is 12.6. The number of hydrogen-bond acceptors (Lipinski definition) is 4. The summed E-state index contributed by atoms with van der Waals surface area (Å²) in [6, 6.07) is 8.12. The van der Waals surface area contributed by atoms with E-state index in [-0.39, 0.29) is 18.6 Å². The van der Waals surface area contributed by atoms with Gasteiger partial charge in [-0.15, -0.1) is 6.42 Å². The molecule has 1 aromatic rings. The third-order valence-corrected chi connectivity index (χ3v) is 5.07. The summed E-state index contributed by atoms with van der Waals surface area (Å²) < 4.78 is 0. The molecule has 1 unspecified atom stereocenters. The van der Waals surface area contributed by atoms with Gasteiger partial charge >= 0.3 is 0 Å². The van der Waals surface area contributed by atoms with Gasteiger partial charge in [0.15, 0.2) is 0 Å². The van der Waals surface area contributed by atoms with Crippen LogP contribution in [0.3, 0.4) is 0 Å². The molecule has 3 rings (SSSR count). The maximum absolute atomic E-state index is 12.6. The lowest BCUT2D eigenvalue weighted by Gasteiger charge is -2.39. The van der Waals surface area contributed by atoms with Crippen molar-refractivity contribution in [2.24, 2.45) is 0 Å². The number of benzene rings is 1. The number of terminal acetylenes is 1. The fraction of sp³-hybridized carbons (Fsp3) is 0.526. The molecule has 1 fully saturated rings. The van der Waals surface area contributed by atoms with Crippen LogP contribution < -0.4 is 0 Å². The number of carbonyl (C=O) groups is 1. The van der Waals surface area contributed by atoms with E-state index in [2.05, 4.69) is 27.9 Å². The molecule has 1 amide bonds. The predicted molar refractivity (Wildman–Crippen MR) is 93.4 cm³/mol. The normalized spacial score (nSPS) is 22.0. The van der Waals surface area contributed by atoms with E-state index in [0.29, 0.717) is 13.1 Å². The molecule has 1 aromatic carbocycles. The first kappa shape index (κ1) is 17.0. The molecule has 1 N–H and O–H groups in total. The topological polar surface area (TPSA) is 47.0 Å². The molecule has 2 aliphatic rings. The molecular weight excluding hydrogens is 302 g/mol. The quantitative estimate of drug-likeness (QED) is 0.811. The van der Waals surface area contributed by atoms with Crippen LogP contribution in [0.25, 0.3) is 0 Å². The molecule has 5 nitrogen and oxygen atoms in total. The third-order valence-electron chi connectivity index (χ3n) is 5.07. The van der Waals surface area contributed by atoms with Crippen molar-refractivity contribution in [3.8, 4) is 12.3 Å². The molecule has 0 aliphatic carbocycles. The highest BCUT2D eigenvalue weighted by atomic mass is 16.3. The van der Waals surface area contributed by atoms with E-state index in [0.717, 1.165) is 44.7 Å². The van der Waals surface area contributed by atoms with Gasteiger partial charge < -0.3 is 10.0 Å². The van der Waals surface area contributed by atoms with Gasteiger partial charge in [-0.3, -0.25) is 14.6 Å². The average Bonchev–Trinajstić information content (AvgIpc) is 2.62. The number of amides is 1. The second kappa shape index (κ2) is 7.80. The zero-order chi connectivity index (χ0) is 16.9. The van der Waals surface area contributed by atoms with Crippen molar-refractivity contribution in [3.05, 3.63) is 35.4 Å². The van der Waals surface area contributed by atoms with Gasteiger partial charge in [-0.25, -0.2) is 0 Å². The molecule has 0 aromatic heterocycles. The van der Waals surface area contributed by atoms with E-state index >= 15 is 0 Å². The first-order valence-electron chi connectivity index (χ1n) is 8.59. The molecule has 1 atom stereocenters. The third kappa shape index (κ3) is 3.62. The Kier molecular flexibility index (Phi) is 5.52. The summed E-state index contributed by atoms with van der Waals surface area (Å²) in [5.74, 6) is 2.80. The second-order valence-electron chi connectivity index (χ2n) is 6.48. The minimum atomic E-state index is -0.0818. The molecule has 0 spiro atoms. The Labute approximate surface area is 143 Å². The van der Waals surface area contributed by atoms with Gasteiger partial charge in [0.25, 0.3) is 0 Å². The van der Waals surface area contributed by atoms with E-state index in [1.807, 2.05) is 17.0 Å². The number of nitrogens with zero attached hydrogens (tertiary/aromatic N) is 3. The standard InChI is InChI=1S/C19H25N3O2/c1-2-8-20-10-12-21(13-11-20)19(24)14-22-9-7-16-5-3-4-6-17(16)18(22)15-23/h1,3-6,18,23H,7-15H2. The van der Waals surface area contributed by atoms with Crippen molar-refractivity contribution >= 4 is 5.91 Å². The maximum Gasteiger partial charge on any atom is 0.236 e. The molecule has 24 heavy (non-hydrogen) atoms. The Balaban J connectivity index is 1.60. The minimum Gasteiger partial charge on any atom is -0.394 e. The van der Waals surface area contributed by atoms with Crippen LogP contribution in [0.15, 0.2) is 24.3 Å². The Morgan fingerprint density at radius 2 is 1.96 bits per heavy atom. The zero-order valence-corrected chi connectivity index (χ0v) is 14.0. The van der Waals surface area contributed by atoms with E-state index in [1.165, 1.54) is 5.56 Å². The molecular formula is C19H25N3O2. The van der Waals surface area contributed by atoms with Gasteiger partial charge in [0.05, 0.1) is 25.7 Å². The smallest absolute Gasteiger partial charge is 0.236 e. The van der Waals surface area contributed by atoms with Crippen LogP contribution in [-0.2, 0) is 11.2 Å². The van der Waals surface area contributed by atoms with Gasteiger partial charge in [-0.1, -0.05) is 30.2 Å². The summed E-state index contributed by atoms with van der Waals surface area (Å²) in [4.78, 5) is 18.9. The monoisotopic (exact) mass is 327 g/mol. The van der Waals surface area contributed by atoms with Crippen LogP contribution in [0.5, 0.6) is 0 Å². The molecule has 1 saturated heterocycles. The summed E-state index contributed by atoms with van der Waals surface area (Å²) in [5, 5.41) is 9.83. The number of carbonyl (C=O) groups excluding carboxylic acids is 1. The lowest BCUT2D eigenvalue weighted by molar-refractivity contribution is -0.135. The molecule has 128 valence electrons. The van der Waals surface area contributed by atoms with Crippen LogP contribution in [0.2, 0.25) is 0 Å². The Hall–Kier alpha value is -1.87. The first-order valence-corrected chi connectivity index (χ1v) is 8.59. The summed E-state index contributed by atoms with van der Waals surface area (Å²) in [6.07, 6.45) is 6.27. The highest BCUT2D eigenvalue weighted by Gasteiger charge is 2.30. The van der Waals surface area contributed by atoms with Gasteiger partial charge in [-0.2, -0.15) is 0 Å². The molecule has 0 bridgehead atoms. The number of aliphatic hydroxyl groups excluding tert-OH is 1. The summed E-state index contributed by atoms with van der Waals surface area (Å²) in [5.41, 5.74) is 2.43. The zero-order valence-electron chi connectivity index (χ0n) is 14.0. The second-order valence-corrected chi connectivity index (χ2v) is 6.48. The first-order chi connectivity index (χ1) is 11.7. The summed E-state index contributed by atoms with van der Waals surface area (Å²) in [6.45, 7) is 5.01. The fourth-order valence-corrected chi connectivity index (χ4v) is 3.66. The van der Waals surface area contributed by atoms with Crippen LogP contribution in [0.4, 0.5) is 0 Å². The van der Waals surface area contributed by atoms with Crippen LogP contribution in [0.1, 0.15) is 17.2 Å². The fourth-order valence-electron chi connectivity index (χ4n) is 3.66. The van der Waals surface area contributed by atoms with Crippen molar-refractivity contribution in [1.82, 2.24) is 14.7 Å². The van der Waals surface area contributed by atoms with Crippen molar-refractivity contribution in [1.29, 1.82) is 0 Å². The van der Waals surface area contributed by atoms with Crippen molar-refractivity contribution in [2.45, 2.75) is 12.5 Å². The molecule has 2 heterocycles. The van der Waals surface area contributed by atoms with Crippen LogP contribution in [0, 0.1) is 12.3 Å². The Morgan fingerprint density at radius 1 is 1.21 bits per heavy atom. The van der Waals surface area contributed by atoms with Gasteiger partial charge in [0, 0.05) is 32.7 Å². The Morgan fingerprint density at radius 3 is 2.67 bits per heavy atom. The van der Waals surface area contributed by atoms with Crippen molar-refractivity contribution < 1.29 is 9.90 Å². The lowest BCUT2D eigenvalue weighted by atomic mass is 9.93. The Bertz CT molecular complexity index is 617. The average molecular weight is 327 g/mol. The highest BCUT2D eigenvalue weighted by Crippen LogP contribution is 2.29. The van der Waals surface area contributed by atoms with Gasteiger partial charge in [0.1, 0.15) is 0 Å². The van der Waals surface area contributed by atoms with Crippen LogP contribution in [-0.4, -0.2) is 78.1 Å². The molecule has 5 heteroatoms. The lowest BCUT2D eigenvalue weighted by Crippen LogP contribution is -2.52. The van der Waals surface area contributed by atoms with E-state index in [9.17, 15) is 9.90 Å². The van der Waals surface area contributed by atoms with E-state index in [4.69, 9.17) is 6.42 Å². The number of piperazine rings is 1.